The molecule has 0 saturated heterocycles. The van der Waals surface area contributed by atoms with Gasteiger partial charge in [0.1, 0.15) is 41.2 Å². The fourth-order valence-electron chi connectivity index (χ4n) is 3.83. The molecule has 0 bridgehead atoms. The molecule has 7 nitrogen and oxygen atoms in total. The zero-order valence-electron chi connectivity index (χ0n) is 19.2. The van der Waals surface area contributed by atoms with E-state index in [-0.39, 0.29) is 17.2 Å². The Morgan fingerprint density at radius 1 is 1.09 bits per heavy atom. The first kappa shape index (κ1) is 23.5. The number of hydrogen-bond acceptors (Lipinski definition) is 7. The number of rotatable bonds is 8. The Labute approximate surface area is 203 Å². The summed E-state index contributed by atoms with van der Waals surface area (Å²) in [5.41, 5.74) is 8.28. The molecule has 0 fully saturated rings. The third-order valence-corrected chi connectivity index (χ3v) is 5.34. The molecule has 3 aromatic rings. The molecule has 3 aromatic carbocycles. The van der Waals surface area contributed by atoms with Crippen molar-refractivity contribution in [3.05, 3.63) is 108 Å². The van der Waals surface area contributed by atoms with Crippen LogP contribution in [0.4, 0.5) is 0 Å². The lowest BCUT2D eigenvalue weighted by Gasteiger charge is -2.27. The molecule has 7 heteroatoms. The Hall–Kier alpha value is -4.70. The summed E-state index contributed by atoms with van der Waals surface area (Å²) in [6.07, 6.45) is 1.66. The maximum atomic E-state index is 12.7. The first-order chi connectivity index (χ1) is 17.0. The van der Waals surface area contributed by atoms with Crippen LogP contribution in [0.1, 0.15) is 34.3 Å². The number of hydrogen-bond donors (Lipinski definition) is 1. The number of nitrogens with two attached hydrogens (primary N) is 1. The zero-order valence-corrected chi connectivity index (χ0v) is 19.2. The van der Waals surface area contributed by atoms with Crippen molar-refractivity contribution in [3.63, 3.8) is 0 Å². The predicted octanol–water partition coefficient (Wildman–Crippen LogP) is 5.09. The Balaban J connectivity index is 1.64. The summed E-state index contributed by atoms with van der Waals surface area (Å²) in [6, 6.07) is 21.4. The minimum atomic E-state index is -0.535. The van der Waals surface area contributed by atoms with Gasteiger partial charge < -0.3 is 24.7 Å². The average molecular weight is 469 g/mol. The van der Waals surface area contributed by atoms with E-state index in [0.717, 1.165) is 11.1 Å². The summed E-state index contributed by atoms with van der Waals surface area (Å²) < 4.78 is 22.4. The highest BCUT2D eigenvalue weighted by atomic mass is 16.5. The van der Waals surface area contributed by atoms with Crippen LogP contribution >= 0.6 is 0 Å². The van der Waals surface area contributed by atoms with Crippen LogP contribution in [0.15, 0.2) is 90.8 Å². The maximum absolute atomic E-state index is 12.7. The fourth-order valence-corrected chi connectivity index (χ4v) is 3.83. The number of carbonyl (C=O) groups excluding carboxylic acids is 1. The van der Waals surface area contributed by atoms with Crippen LogP contribution in [0.5, 0.6) is 23.0 Å². The summed E-state index contributed by atoms with van der Waals surface area (Å²) in [6.45, 7) is 6.38. The highest BCUT2D eigenvalue weighted by molar-refractivity contribution is 5.91. The van der Waals surface area contributed by atoms with Crippen molar-refractivity contribution in [1.29, 1.82) is 5.26 Å². The number of ether oxygens (including phenoxy) is 4. The molecule has 0 saturated carbocycles. The molecule has 1 heterocycles. The molecule has 1 aliphatic heterocycles. The second-order valence-electron chi connectivity index (χ2n) is 7.65. The molecule has 1 aliphatic rings. The molecule has 1 unspecified atom stereocenters. The molecule has 176 valence electrons. The zero-order chi connectivity index (χ0) is 24.8. The molecule has 0 spiro atoms. The van der Waals surface area contributed by atoms with Gasteiger partial charge >= 0.3 is 5.97 Å². The Morgan fingerprint density at radius 3 is 2.60 bits per heavy atom. The summed E-state index contributed by atoms with van der Waals surface area (Å²) in [5.74, 6) is 0.903. The van der Waals surface area contributed by atoms with E-state index in [1.54, 1.807) is 48.5 Å². The van der Waals surface area contributed by atoms with Crippen LogP contribution < -0.4 is 24.7 Å². The summed E-state index contributed by atoms with van der Waals surface area (Å²) >= 11 is 0. The van der Waals surface area contributed by atoms with E-state index in [1.807, 2.05) is 31.2 Å². The van der Waals surface area contributed by atoms with Gasteiger partial charge in [0.2, 0.25) is 5.88 Å². The minimum Gasteiger partial charge on any atom is -0.494 e. The predicted molar refractivity (Wildman–Crippen MR) is 130 cm³/mol. The molecule has 0 radical (unpaired) electrons. The third-order valence-electron chi connectivity index (χ3n) is 5.34. The molecule has 35 heavy (non-hydrogen) atoms. The van der Waals surface area contributed by atoms with Crippen LogP contribution in [0, 0.1) is 11.3 Å². The van der Waals surface area contributed by atoms with Crippen molar-refractivity contribution in [3.8, 4) is 29.1 Å². The topological polar surface area (TPSA) is 104 Å². The van der Waals surface area contributed by atoms with Gasteiger partial charge in [-0.2, -0.15) is 5.26 Å². The molecule has 1 atom stereocenters. The van der Waals surface area contributed by atoms with E-state index in [2.05, 4.69) is 12.6 Å². The normalized spacial score (nSPS) is 14.2. The maximum Gasteiger partial charge on any atom is 0.343 e. The van der Waals surface area contributed by atoms with Crippen molar-refractivity contribution < 1.29 is 23.7 Å². The van der Waals surface area contributed by atoms with Gasteiger partial charge in [0, 0.05) is 11.6 Å². The number of carbonyl (C=O) groups is 1. The average Bonchev–Trinajstić information content (AvgIpc) is 2.87. The van der Waals surface area contributed by atoms with Gasteiger partial charge in [-0.15, -0.1) is 0 Å². The molecule has 2 N–H and O–H groups in total. The number of fused-ring (bicyclic) bond motifs is 1. The molecule has 4 rings (SSSR count). The second kappa shape index (κ2) is 10.5. The number of nitrogens with zero attached hydrogens (tertiary/aromatic N) is 1. The molecule has 0 aliphatic carbocycles. The highest BCUT2D eigenvalue weighted by Crippen LogP contribution is 2.44. The van der Waals surface area contributed by atoms with E-state index in [1.165, 1.54) is 0 Å². The van der Waals surface area contributed by atoms with Gasteiger partial charge in [0.25, 0.3) is 0 Å². The van der Waals surface area contributed by atoms with Gasteiger partial charge in [0.15, 0.2) is 0 Å². The second-order valence-corrected chi connectivity index (χ2v) is 7.65. The van der Waals surface area contributed by atoms with Gasteiger partial charge in [0.05, 0.1) is 18.1 Å². The lowest BCUT2D eigenvalue weighted by molar-refractivity contribution is 0.0734. The third kappa shape index (κ3) is 5.12. The monoisotopic (exact) mass is 468 g/mol. The van der Waals surface area contributed by atoms with E-state index in [4.69, 9.17) is 24.7 Å². The first-order valence-electron chi connectivity index (χ1n) is 11.0. The van der Waals surface area contributed by atoms with E-state index in [0.29, 0.717) is 36.0 Å². The largest absolute Gasteiger partial charge is 0.494 e. The number of nitriles is 1. The Morgan fingerprint density at radius 2 is 1.86 bits per heavy atom. The Kier molecular flexibility index (Phi) is 7.03. The van der Waals surface area contributed by atoms with Crippen LogP contribution in [0.25, 0.3) is 0 Å². The van der Waals surface area contributed by atoms with Gasteiger partial charge in [-0.05, 0) is 48.9 Å². The highest BCUT2D eigenvalue weighted by Gasteiger charge is 2.31. The molecular formula is C28H24N2O5. The lowest BCUT2D eigenvalue weighted by Crippen LogP contribution is -2.21. The lowest BCUT2D eigenvalue weighted by atomic mass is 9.83. The molecule has 0 amide bonds. The van der Waals surface area contributed by atoms with Crippen molar-refractivity contribution in [1.82, 2.24) is 0 Å². The quantitative estimate of drug-likeness (QED) is 0.279. The molecule has 0 aromatic heterocycles. The van der Waals surface area contributed by atoms with Crippen LogP contribution in [0.3, 0.4) is 0 Å². The number of allylic oxidation sites excluding steroid dienone is 1. The van der Waals surface area contributed by atoms with Gasteiger partial charge in [-0.1, -0.05) is 36.9 Å². The summed E-state index contributed by atoms with van der Waals surface area (Å²) in [4.78, 5) is 12.7. The Bertz CT molecular complexity index is 1340. The van der Waals surface area contributed by atoms with E-state index in [9.17, 15) is 10.1 Å². The summed E-state index contributed by atoms with van der Waals surface area (Å²) in [5, 5.41) is 9.80. The van der Waals surface area contributed by atoms with Crippen molar-refractivity contribution >= 4 is 5.97 Å². The first-order valence-corrected chi connectivity index (χ1v) is 11.0. The number of esters is 1. The van der Waals surface area contributed by atoms with Gasteiger partial charge in [-0.3, -0.25) is 0 Å². The van der Waals surface area contributed by atoms with Crippen molar-refractivity contribution in [2.24, 2.45) is 5.73 Å². The summed E-state index contributed by atoms with van der Waals surface area (Å²) in [7, 11) is 0. The van der Waals surface area contributed by atoms with Crippen molar-refractivity contribution in [2.45, 2.75) is 12.8 Å². The van der Waals surface area contributed by atoms with Crippen LogP contribution in [-0.4, -0.2) is 19.2 Å². The SMILES string of the molecule is C=CCOc1cccc(C2C(C#N)=C(N)Oc3cc(OC(=O)c4cccc(OCC)c4)ccc32)c1. The van der Waals surface area contributed by atoms with Crippen LogP contribution in [0.2, 0.25) is 0 Å². The van der Waals surface area contributed by atoms with E-state index < -0.39 is 11.9 Å². The molecular weight excluding hydrogens is 444 g/mol. The standard InChI is InChI=1S/C28H24N2O5/c1-3-13-33-21-10-5-7-18(14-21)26-23-12-11-22(16-25(23)35-27(30)24(26)17-29)34-28(31)19-8-6-9-20(15-19)32-4-2/h3,5-12,14-16,26H,1,4,13,30H2,2H3. The van der Waals surface area contributed by atoms with Crippen molar-refractivity contribution in [2.75, 3.05) is 13.2 Å². The van der Waals surface area contributed by atoms with E-state index >= 15 is 0 Å². The fraction of sp³-hybridized carbons (Fsp3) is 0.143. The van der Waals surface area contributed by atoms with Crippen LogP contribution in [-0.2, 0) is 0 Å². The number of benzene rings is 3. The smallest absolute Gasteiger partial charge is 0.343 e. The minimum absolute atomic E-state index is 0.00435. The van der Waals surface area contributed by atoms with Gasteiger partial charge in [-0.25, -0.2) is 4.79 Å².